The molecule has 0 aliphatic carbocycles. The van der Waals surface area contributed by atoms with Crippen LogP contribution in [0, 0.1) is 24.4 Å². The van der Waals surface area contributed by atoms with Gasteiger partial charge in [0.2, 0.25) is 0 Å². The molecule has 4 heteroatoms. The molecule has 2 aromatic carbocycles. The Morgan fingerprint density at radius 1 is 1.00 bits per heavy atom. The van der Waals surface area contributed by atoms with E-state index in [1.54, 1.807) is 13.0 Å². The highest BCUT2D eigenvalue weighted by molar-refractivity contribution is 5.28. The molecule has 0 saturated heterocycles. The minimum absolute atomic E-state index is 0.0327. The highest BCUT2D eigenvalue weighted by Gasteiger charge is 2.13. The molecule has 0 bridgehead atoms. The second-order valence-electron chi connectivity index (χ2n) is 4.52. The van der Waals surface area contributed by atoms with E-state index in [9.17, 15) is 18.3 Å². The van der Waals surface area contributed by atoms with Crippen LogP contribution >= 0.6 is 0 Å². The third-order valence-corrected chi connectivity index (χ3v) is 2.88. The van der Waals surface area contributed by atoms with Gasteiger partial charge in [-0.1, -0.05) is 12.1 Å². The molecule has 2 rings (SSSR count). The van der Waals surface area contributed by atoms with Gasteiger partial charge in [-0.15, -0.1) is 0 Å². The molecule has 0 radical (unpaired) electrons. The fourth-order valence-electron chi connectivity index (χ4n) is 1.97. The summed E-state index contributed by atoms with van der Waals surface area (Å²) in [5, 5.41) is 9.99. The monoisotopic (exact) mass is 266 g/mol. The Bertz CT molecular complexity index is 576. The Labute approximate surface area is 109 Å². The smallest absolute Gasteiger partial charge is 0.129 e. The molecule has 100 valence electrons. The molecule has 1 N–H and O–H groups in total. The Hall–Kier alpha value is -1.81. The van der Waals surface area contributed by atoms with Gasteiger partial charge in [0, 0.05) is 12.5 Å². The number of hydrogen-bond acceptors (Lipinski definition) is 1. The van der Waals surface area contributed by atoms with Crippen molar-refractivity contribution in [2.45, 2.75) is 19.4 Å². The largest absolute Gasteiger partial charge is 0.388 e. The predicted octanol–water partition coefficient (Wildman–Crippen LogP) is 3.69. The van der Waals surface area contributed by atoms with Crippen LogP contribution in [0.1, 0.15) is 22.8 Å². The van der Waals surface area contributed by atoms with E-state index < -0.39 is 23.6 Å². The normalized spacial score (nSPS) is 12.5. The summed E-state index contributed by atoms with van der Waals surface area (Å²) in [4.78, 5) is 0. The Balaban J connectivity index is 2.22. The summed E-state index contributed by atoms with van der Waals surface area (Å²) in [7, 11) is 0. The lowest BCUT2D eigenvalue weighted by atomic mass is 9.99. The number of aryl methyl sites for hydroxylation is 1. The first-order valence-electron chi connectivity index (χ1n) is 5.85. The molecule has 1 unspecified atom stereocenters. The standard InChI is InChI=1S/C15H13F3O/c1-9-4-11(6-13(17)5-9)15(19)7-10-2-3-12(16)8-14(10)18/h2-6,8,15,19H,7H2,1H3. The van der Waals surface area contributed by atoms with Crippen LogP contribution in [0.5, 0.6) is 0 Å². The van der Waals surface area contributed by atoms with Crippen molar-refractivity contribution in [2.75, 3.05) is 0 Å². The van der Waals surface area contributed by atoms with E-state index in [1.807, 2.05) is 0 Å². The molecule has 0 heterocycles. The minimum atomic E-state index is -1.03. The van der Waals surface area contributed by atoms with Gasteiger partial charge < -0.3 is 5.11 Å². The van der Waals surface area contributed by atoms with E-state index in [4.69, 9.17) is 0 Å². The lowest BCUT2D eigenvalue weighted by molar-refractivity contribution is 0.176. The predicted molar refractivity (Wildman–Crippen MR) is 66.2 cm³/mol. The first kappa shape index (κ1) is 13.6. The average Bonchev–Trinajstić information content (AvgIpc) is 2.31. The van der Waals surface area contributed by atoms with E-state index >= 15 is 0 Å². The maximum atomic E-state index is 13.5. The Morgan fingerprint density at radius 3 is 2.37 bits per heavy atom. The highest BCUT2D eigenvalue weighted by atomic mass is 19.1. The SMILES string of the molecule is Cc1cc(F)cc(C(O)Cc2ccc(F)cc2F)c1. The zero-order chi connectivity index (χ0) is 14.0. The van der Waals surface area contributed by atoms with E-state index in [-0.39, 0.29) is 12.0 Å². The molecule has 1 nitrogen and oxygen atoms in total. The van der Waals surface area contributed by atoms with Crippen LogP contribution in [0.15, 0.2) is 36.4 Å². The van der Waals surface area contributed by atoms with Gasteiger partial charge in [0.1, 0.15) is 17.5 Å². The van der Waals surface area contributed by atoms with E-state index in [0.29, 0.717) is 11.1 Å². The highest BCUT2D eigenvalue weighted by Crippen LogP contribution is 2.22. The van der Waals surface area contributed by atoms with E-state index in [0.717, 1.165) is 12.1 Å². The van der Waals surface area contributed by atoms with Gasteiger partial charge >= 0.3 is 0 Å². The number of benzene rings is 2. The maximum Gasteiger partial charge on any atom is 0.129 e. The van der Waals surface area contributed by atoms with Crippen molar-refractivity contribution in [1.82, 2.24) is 0 Å². The molecule has 2 aromatic rings. The molecule has 0 saturated carbocycles. The zero-order valence-electron chi connectivity index (χ0n) is 10.3. The van der Waals surface area contributed by atoms with Crippen LogP contribution in [0.2, 0.25) is 0 Å². The van der Waals surface area contributed by atoms with Crippen molar-refractivity contribution in [3.05, 3.63) is 70.5 Å². The van der Waals surface area contributed by atoms with Gasteiger partial charge in [-0.2, -0.15) is 0 Å². The quantitative estimate of drug-likeness (QED) is 0.898. The van der Waals surface area contributed by atoms with Gasteiger partial charge in [-0.05, 0) is 41.8 Å². The van der Waals surface area contributed by atoms with Gasteiger partial charge in [0.05, 0.1) is 6.10 Å². The Morgan fingerprint density at radius 2 is 1.74 bits per heavy atom. The van der Waals surface area contributed by atoms with Crippen LogP contribution in [-0.2, 0) is 6.42 Å². The average molecular weight is 266 g/mol. The third kappa shape index (κ3) is 3.35. The maximum absolute atomic E-state index is 13.5. The van der Waals surface area contributed by atoms with Crippen LogP contribution in [0.25, 0.3) is 0 Å². The fraction of sp³-hybridized carbons (Fsp3) is 0.200. The molecule has 1 atom stereocenters. The third-order valence-electron chi connectivity index (χ3n) is 2.88. The lowest BCUT2D eigenvalue weighted by Crippen LogP contribution is -2.04. The molecule has 0 aliphatic heterocycles. The molecule has 0 aliphatic rings. The van der Waals surface area contributed by atoms with E-state index in [2.05, 4.69) is 0 Å². The van der Waals surface area contributed by atoms with Gasteiger partial charge in [0.25, 0.3) is 0 Å². The first-order valence-corrected chi connectivity index (χ1v) is 5.85. The zero-order valence-corrected chi connectivity index (χ0v) is 10.3. The lowest BCUT2D eigenvalue weighted by Gasteiger charge is -2.12. The summed E-state index contributed by atoms with van der Waals surface area (Å²) in [6.45, 7) is 1.71. The summed E-state index contributed by atoms with van der Waals surface area (Å²) in [6, 6.07) is 7.35. The first-order chi connectivity index (χ1) is 8.95. The summed E-state index contributed by atoms with van der Waals surface area (Å²) in [5.74, 6) is -1.84. The van der Waals surface area contributed by atoms with Crippen molar-refractivity contribution in [3.8, 4) is 0 Å². The van der Waals surface area contributed by atoms with E-state index in [1.165, 1.54) is 18.2 Å². The van der Waals surface area contributed by atoms with Crippen LogP contribution in [0.3, 0.4) is 0 Å². The number of rotatable bonds is 3. The summed E-state index contributed by atoms with van der Waals surface area (Å²) >= 11 is 0. The van der Waals surface area contributed by atoms with Crippen molar-refractivity contribution in [3.63, 3.8) is 0 Å². The Kier molecular flexibility index (Phi) is 3.90. The minimum Gasteiger partial charge on any atom is -0.388 e. The molecule has 0 amide bonds. The molecule has 0 spiro atoms. The molecular weight excluding hydrogens is 253 g/mol. The molecular formula is C15H13F3O. The van der Waals surface area contributed by atoms with Crippen LogP contribution in [-0.4, -0.2) is 5.11 Å². The number of aliphatic hydroxyl groups is 1. The van der Waals surface area contributed by atoms with Crippen molar-refractivity contribution < 1.29 is 18.3 Å². The molecule has 0 fully saturated rings. The van der Waals surface area contributed by atoms with Gasteiger partial charge in [-0.3, -0.25) is 0 Å². The number of aliphatic hydroxyl groups excluding tert-OH is 1. The molecule has 0 aromatic heterocycles. The van der Waals surface area contributed by atoms with Crippen molar-refractivity contribution in [2.24, 2.45) is 0 Å². The number of hydrogen-bond donors (Lipinski definition) is 1. The van der Waals surface area contributed by atoms with Gasteiger partial charge in [-0.25, -0.2) is 13.2 Å². The second-order valence-corrected chi connectivity index (χ2v) is 4.52. The van der Waals surface area contributed by atoms with Crippen molar-refractivity contribution in [1.29, 1.82) is 0 Å². The summed E-state index contributed by atoms with van der Waals surface area (Å²) in [5.41, 5.74) is 1.24. The summed E-state index contributed by atoms with van der Waals surface area (Å²) in [6.07, 6.45) is -1.07. The number of halogens is 3. The molecule has 19 heavy (non-hydrogen) atoms. The van der Waals surface area contributed by atoms with Crippen molar-refractivity contribution >= 4 is 0 Å². The van der Waals surface area contributed by atoms with Crippen LogP contribution in [0.4, 0.5) is 13.2 Å². The van der Waals surface area contributed by atoms with Crippen LogP contribution < -0.4 is 0 Å². The second kappa shape index (κ2) is 5.45. The topological polar surface area (TPSA) is 20.2 Å². The fourth-order valence-corrected chi connectivity index (χ4v) is 1.97. The van der Waals surface area contributed by atoms with Gasteiger partial charge in [0.15, 0.2) is 0 Å². The summed E-state index contributed by atoms with van der Waals surface area (Å²) < 4.78 is 39.4.